The van der Waals surface area contributed by atoms with Gasteiger partial charge in [0.25, 0.3) is 0 Å². The van der Waals surface area contributed by atoms with E-state index in [0.29, 0.717) is 18.3 Å². The molecule has 2 aromatic carbocycles. The molecule has 0 bridgehead atoms. The van der Waals surface area contributed by atoms with Crippen LogP contribution in [0.5, 0.6) is 5.75 Å². The Bertz CT molecular complexity index is 939. The molecule has 0 N–H and O–H groups in total. The normalized spacial score (nSPS) is 10.7. The number of anilines is 1. The number of nitrogens with zero attached hydrogens (tertiary/aromatic N) is 3. The summed E-state index contributed by atoms with van der Waals surface area (Å²) in [6.07, 6.45) is 3.62. The molecule has 3 rings (SSSR count). The van der Waals surface area contributed by atoms with Crippen molar-refractivity contribution in [2.75, 3.05) is 19.1 Å². The summed E-state index contributed by atoms with van der Waals surface area (Å²) in [5.41, 5.74) is 2.36. The number of ether oxygens (including phenoxy) is 1. The van der Waals surface area contributed by atoms with Crippen molar-refractivity contribution in [3.8, 4) is 11.8 Å². The highest BCUT2D eigenvalue weighted by atomic mass is 16.5. The lowest BCUT2D eigenvalue weighted by molar-refractivity contribution is 0.414. The topological polar surface area (TPSA) is 62.3 Å². The summed E-state index contributed by atoms with van der Waals surface area (Å²) in [5.74, 6) is 1.63. The molecule has 0 atom stereocenters. The molecule has 0 aliphatic heterocycles. The number of benzene rings is 2. The molecule has 26 heavy (non-hydrogen) atoms. The van der Waals surface area contributed by atoms with Crippen molar-refractivity contribution in [1.82, 2.24) is 4.98 Å². The summed E-state index contributed by atoms with van der Waals surface area (Å²) < 4.78 is 11.0. The zero-order chi connectivity index (χ0) is 18.4. The average Bonchev–Trinajstić information content (AvgIpc) is 3.11. The van der Waals surface area contributed by atoms with Crippen molar-refractivity contribution in [2.45, 2.75) is 6.54 Å². The van der Waals surface area contributed by atoms with Crippen LogP contribution in [-0.2, 0) is 6.54 Å². The van der Waals surface area contributed by atoms with Gasteiger partial charge in [0.1, 0.15) is 11.8 Å². The van der Waals surface area contributed by atoms with Gasteiger partial charge in [0.15, 0.2) is 0 Å². The molecule has 1 aromatic heterocycles. The maximum Gasteiger partial charge on any atom is 0.235 e. The molecule has 0 radical (unpaired) electrons. The highest BCUT2D eigenvalue weighted by Crippen LogP contribution is 2.23. The number of methoxy groups -OCH3 is 1. The van der Waals surface area contributed by atoms with Crippen molar-refractivity contribution < 1.29 is 9.15 Å². The van der Waals surface area contributed by atoms with Gasteiger partial charge >= 0.3 is 0 Å². The molecular weight excluding hydrogens is 326 g/mol. The molecule has 0 aliphatic rings. The van der Waals surface area contributed by atoms with Crippen LogP contribution in [-0.4, -0.2) is 19.1 Å². The first-order valence-electron chi connectivity index (χ1n) is 8.17. The van der Waals surface area contributed by atoms with Gasteiger partial charge in [-0.15, -0.1) is 0 Å². The SMILES string of the molecule is COc1cccc(C=Cc2nc(C#N)c(N(C)Cc3ccccc3)o2)c1. The van der Waals surface area contributed by atoms with E-state index in [4.69, 9.17) is 9.15 Å². The molecule has 0 spiro atoms. The second-order valence-corrected chi connectivity index (χ2v) is 5.77. The Balaban J connectivity index is 1.80. The first kappa shape index (κ1) is 17.3. The minimum Gasteiger partial charge on any atom is -0.497 e. The molecular formula is C21H19N3O2. The van der Waals surface area contributed by atoms with Crippen molar-refractivity contribution in [3.63, 3.8) is 0 Å². The Hall–Kier alpha value is -3.52. The molecule has 5 nitrogen and oxygen atoms in total. The molecule has 1 heterocycles. The predicted octanol–water partition coefficient (Wildman–Crippen LogP) is 4.36. The number of hydrogen-bond acceptors (Lipinski definition) is 5. The van der Waals surface area contributed by atoms with E-state index < -0.39 is 0 Å². The standard InChI is InChI=1S/C21H19N3O2/c1-24(15-17-7-4-3-5-8-17)21-19(14-22)23-20(26-21)12-11-16-9-6-10-18(13-16)25-2/h3-13H,15H2,1-2H3. The van der Waals surface area contributed by atoms with Crippen LogP contribution in [0, 0.1) is 11.3 Å². The molecule has 5 heteroatoms. The monoisotopic (exact) mass is 345 g/mol. The summed E-state index contributed by atoms with van der Waals surface area (Å²) >= 11 is 0. The van der Waals surface area contributed by atoms with Crippen LogP contribution >= 0.6 is 0 Å². The van der Waals surface area contributed by atoms with E-state index in [1.165, 1.54) is 0 Å². The third kappa shape index (κ3) is 4.11. The number of aromatic nitrogens is 1. The van der Waals surface area contributed by atoms with Crippen molar-refractivity contribution in [3.05, 3.63) is 77.3 Å². The predicted molar refractivity (Wildman–Crippen MR) is 102 cm³/mol. The van der Waals surface area contributed by atoms with Gasteiger partial charge < -0.3 is 14.1 Å². The summed E-state index contributed by atoms with van der Waals surface area (Å²) in [6, 6.07) is 19.8. The summed E-state index contributed by atoms with van der Waals surface area (Å²) in [4.78, 5) is 6.14. The Kier molecular flexibility index (Phi) is 5.35. The summed E-state index contributed by atoms with van der Waals surface area (Å²) in [6.45, 7) is 0.629. The minimum absolute atomic E-state index is 0.272. The molecule has 0 fully saturated rings. The Morgan fingerprint density at radius 3 is 2.69 bits per heavy atom. The lowest BCUT2D eigenvalue weighted by atomic mass is 10.2. The highest BCUT2D eigenvalue weighted by Gasteiger charge is 2.16. The van der Waals surface area contributed by atoms with E-state index in [9.17, 15) is 5.26 Å². The molecule has 130 valence electrons. The van der Waals surface area contributed by atoms with Gasteiger partial charge in [-0.05, 0) is 29.3 Å². The van der Waals surface area contributed by atoms with E-state index in [1.54, 1.807) is 13.2 Å². The Morgan fingerprint density at radius 1 is 1.15 bits per heavy atom. The van der Waals surface area contributed by atoms with Gasteiger partial charge in [-0.1, -0.05) is 42.5 Å². The molecule has 0 aliphatic carbocycles. The fourth-order valence-electron chi connectivity index (χ4n) is 2.57. The Morgan fingerprint density at radius 2 is 1.96 bits per heavy atom. The zero-order valence-corrected chi connectivity index (χ0v) is 14.7. The van der Waals surface area contributed by atoms with Crippen molar-refractivity contribution in [2.24, 2.45) is 0 Å². The zero-order valence-electron chi connectivity index (χ0n) is 14.7. The number of nitriles is 1. The molecule has 0 unspecified atom stereocenters. The number of rotatable bonds is 6. The Labute approximate surface area is 152 Å². The van der Waals surface area contributed by atoms with Crippen LogP contribution in [0.15, 0.2) is 59.0 Å². The highest BCUT2D eigenvalue weighted by molar-refractivity contribution is 5.68. The number of oxazole rings is 1. The quantitative estimate of drug-likeness (QED) is 0.664. The lowest BCUT2D eigenvalue weighted by Crippen LogP contribution is -2.16. The van der Waals surface area contributed by atoms with Crippen LogP contribution < -0.4 is 9.64 Å². The maximum atomic E-state index is 9.36. The van der Waals surface area contributed by atoms with Gasteiger partial charge in [-0.3, -0.25) is 0 Å². The largest absolute Gasteiger partial charge is 0.497 e. The van der Waals surface area contributed by atoms with Crippen molar-refractivity contribution >= 4 is 18.0 Å². The van der Waals surface area contributed by atoms with E-state index in [2.05, 4.69) is 11.1 Å². The van der Waals surface area contributed by atoms with Gasteiger partial charge in [0, 0.05) is 19.7 Å². The minimum atomic E-state index is 0.272. The van der Waals surface area contributed by atoms with Crippen LogP contribution in [0.2, 0.25) is 0 Å². The lowest BCUT2D eigenvalue weighted by Gasteiger charge is -2.15. The van der Waals surface area contributed by atoms with Gasteiger partial charge in [0.2, 0.25) is 17.5 Å². The molecule has 3 aromatic rings. The van der Waals surface area contributed by atoms with E-state index >= 15 is 0 Å². The molecule has 0 saturated heterocycles. The number of hydrogen-bond donors (Lipinski definition) is 0. The third-order valence-corrected chi connectivity index (χ3v) is 3.85. The van der Waals surface area contributed by atoms with Crippen LogP contribution in [0.4, 0.5) is 5.88 Å². The van der Waals surface area contributed by atoms with Crippen LogP contribution in [0.3, 0.4) is 0 Å². The average molecular weight is 345 g/mol. The maximum absolute atomic E-state index is 9.36. The van der Waals surface area contributed by atoms with Crippen LogP contribution in [0.25, 0.3) is 12.2 Å². The fourth-order valence-corrected chi connectivity index (χ4v) is 2.57. The van der Waals surface area contributed by atoms with Gasteiger partial charge in [-0.25, -0.2) is 0 Å². The van der Waals surface area contributed by atoms with E-state index in [0.717, 1.165) is 16.9 Å². The smallest absolute Gasteiger partial charge is 0.235 e. The van der Waals surface area contributed by atoms with E-state index in [1.807, 2.05) is 72.6 Å². The third-order valence-electron chi connectivity index (χ3n) is 3.85. The second-order valence-electron chi connectivity index (χ2n) is 5.77. The van der Waals surface area contributed by atoms with Crippen molar-refractivity contribution in [1.29, 1.82) is 5.26 Å². The van der Waals surface area contributed by atoms with E-state index in [-0.39, 0.29) is 5.69 Å². The fraction of sp³-hybridized carbons (Fsp3) is 0.143. The summed E-state index contributed by atoms with van der Waals surface area (Å²) in [5, 5.41) is 9.36. The molecule has 0 saturated carbocycles. The first-order valence-corrected chi connectivity index (χ1v) is 8.17. The van der Waals surface area contributed by atoms with Crippen LogP contribution in [0.1, 0.15) is 22.7 Å². The molecule has 0 amide bonds. The second kappa shape index (κ2) is 8.04. The summed E-state index contributed by atoms with van der Waals surface area (Å²) in [7, 11) is 3.51. The van der Waals surface area contributed by atoms with Gasteiger partial charge in [0.05, 0.1) is 7.11 Å². The first-order chi connectivity index (χ1) is 12.7. The van der Waals surface area contributed by atoms with Gasteiger partial charge in [-0.2, -0.15) is 10.2 Å².